The molecule has 1 aromatic carbocycles. The number of carbonyl (C=O) groups is 3. The van der Waals surface area contributed by atoms with Crippen LogP contribution in [0, 0.1) is 5.92 Å². The molecule has 3 amide bonds. The molecule has 110 valence electrons. The van der Waals surface area contributed by atoms with E-state index in [0.717, 1.165) is 6.42 Å². The highest BCUT2D eigenvalue weighted by molar-refractivity contribution is 6.22. The molecule has 21 heavy (non-hydrogen) atoms. The minimum absolute atomic E-state index is 0.152. The number of carbonyl (C=O) groups excluding carboxylic acids is 3. The lowest BCUT2D eigenvalue weighted by Crippen LogP contribution is -2.48. The van der Waals surface area contributed by atoms with Gasteiger partial charge in [-0.1, -0.05) is 26.0 Å². The molecular weight excluding hydrogens is 268 g/mol. The smallest absolute Gasteiger partial charge is 0.256 e. The van der Waals surface area contributed by atoms with Crippen molar-refractivity contribution < 1.29 is 14.4 Å². The van der Waals surface area contributed by atoms with Crippen molar-refractivity contribution in [2.24, 2.45) is 5.92 Å². The van der Waals surface area contributed by atoms with Gasteiger partial charge in [-0.25, -0.2) is 4.90 Å². The predicted octanol–water partition coefficient (Wildman–Crippen LogP) is 1.82. The molecule has 5 nitrogen and oxygen atoms in total. The van der Waals surface area contributed by atoms with Crippen LogP contribution in [0.1, 0.15) is 37.0 Å². The summed E-state index contributed by atoms with van der Waals surface area (Å²) in [5, 5.41) is 0. The number of hydrogen-bond acceptors (Lipinski definition) is 3. The van der Waals surface area contributed by atoms with Gasteiger partial charge in [-0.15, -0.1) is 0 Å². The maximum Gasteiger partial charge on any atom is 0.256 e. The van der Waals surface area contributed by atoms with E-state index < -0.39 is 6.04 Å². The lowest BCUT2D eigenvalue weighted by atomic mass is 10.1. The van der Waals surface area contributed by atoms with Crippen LogP contribution < -0.4 is 4.90 Å². The molecule has 0 N–H and O–H groups in total. The van der Waals surface area contributed by atoms with Crippen LogP contribution in [0.3, 0.4) is 0 Å². The fourth-order valence-corrected chi connectivity index (χ4v) is 3.02. The monoisotopic (exact) mass is 286 g/mol. The molecule has 2 heterocycles. The summed E-state index contributed by atoms with van der Waals surface area (Å²) < 4.78 is 0. The third-order valence-corrected chi connectivity index (χ3v) is 4.11. The summed E-state index contributed by atoms with van der Waals surface area (Å²) in [6.45, 7) is 4.10. The number of imide groups is 1. The van der Waals surface area contributed by atoms with Gasteiger partial charge in [0.25, 0.3) is 11.8 Å². The summed E-state index contributed by atoms with van der Waals surface area (Å²) in [5.74, 6) is -0.982. The Morgan fingerprint density at radius 3 is 2.67 bits per heavy atom. The van der Waals surface area contributed by atoms with E-state index in [1.165, 1.54) is 4.90 Å². The molecule has 1 aromatic rings. The Bertz CT molecular complexity index is 624. The van der Waals surface area contributed by atoms with Crippen molar-refractivity contribution in [2.45, 2.75) is 32.7 Å². The fourth-order valence-electron chi connectivity index (χ4n) is 3.02. The molecule has 1 fully saturated rings. The van der Waals surface area contributed by atoms with E-state index in [9.17, 15) is 14.4 Å². The Morgan fingerprint density at radius 1 is 1.24 bits per heavy atom. The quantitative estimate of drug-likeness (QED) is 0.791. The van der Waals surface area contributed by atoms with E-state index >= 15 is 0 Å². The van der Waals surface area contributed by atoms with Crippen LogP contribution in [0.5, 0.6) is 0 Å². The second-order valence-corrected chi connectivity index (χ2v) is 5.84. The van der Waals surface area contributed by atoms with Gasteiger partial charge in [0.15, 0.2) is 0 Å². The highest BCUT2D eigenvalue weighted by atomic mass is 16.2. The van der Waals surface area contributed by atoms with E-state index in [2.05, 4.69) is 0 Å². The maximum atomic E-state index is 12.8. The van der Waals surface area contributed by atoms with Crippen LogP contribution in [-0.4, -0.2) is 35.2 Å². The average molecular weight is 286 g/mol. The van der Waals surface area contributed by atoms with Crippen LogP contribution in [-0.2, 0) is 9.59 Å². The van der Waals surface area contributed by atoms with E-state index in [4.69, 9.17) is 0 Å². The first-order valence-corrected chi connectivity index (χ1v) is 7.30. The van der Waals surface area contributed by atoms with Gasteiger partial charge < -0.3 is 4.90 Å². The largest absolute Gasteiger partial charge is 0.327 e. The first-order chi connectivity index (χ1) is 10.0. The number of hydrogen-bond donors (Lipinski definition) is 0. The highest BCUT2D eigenvalue weighted by Crippen LogP contribution is 2.33. The summed E-state index contributed by atoms with van der Waals surface area (Å²) in [4.78, 5) is 40.7. The third-order valence-electron chi connectivity index (χ3n) is 4.11. The molecular formula is C16H18N2O3. The molecule has 0 spiro atoms. The molecule has 0 aliphatic carbocycles. The number of rotatable bonds is 1. The normalized spacial score (nSPS) is 21.4. The Morgan fingerprint density at radius 2 is 1.95 bits per heavy atom. The molecule has 0 saturated carbocycles. The molecule has 2 aliphatic heterocycles. The molecule has 0 aromatic heterocycles. The summed E-state index contributed by atoms with van der Waals surface area (Å²) >= 11 is 0. The first-order valence-electron chi connectivity index (χ1n) is 7.30. The van der Waals surface area contributed by atoms with Crippen LogP contribution in [0.25, 0.3) is 0 Å². The average Bonchev–Trinajstić information content (AvgIpc) is 2.93. The SMILES string of the molecule is CC(C)C(=O)N1C(=O)[C@H]2CCCN2C(=O)c2ccccc21. The molecule has 1 saturated heterocycles. The first kappa shape index (κ1) is 13.8. The van der Waals surface area contributed by atoms with Crippen molar-refractivity contribution in [3.8, 4) is 0 Å². The second-order valence-electron chi connectivity index (χ2n) is 5.84. The topological polar surface area (TPSA) is 57.7 Å². The fraction of sp³-hybridized carbons (Fsp3) is 0.438. The number of benzene rings is 1. The minimum atomic E-state index is -0.507. The van der Waals surface area contributed by atoms with Gasteiger partial charge in [-0.2, -0.15) is 0 Å². The van der Waals surface area contributed by atoms with Crippen LogP contribution >= 0.6 is 0 Å². The predicted molar refractivity (Wildman–Crippen MR) is 77.8 cm³/mol. The lowest BCUT2D eigenvalue weighted by molar-refractivity contribution is -0.130. The Kier molecular flexibility index (Phi) is 3.27. The van der Waals surface area contributed by atoms with Crippen molar-refractivity contribution in [3.63, 3.8) is 0 Å². The molecule has 2 aliphatic rings. The minimum Gasteiger partial charge on any atom is -0.327 e. The van der Waals surface area contributed by atoms with Crippen molar-refractivity contribution in [3.05, 3.63) is 29.8 Å². The van der Waals surface area contributed by atoms with Crippen LogP contribution in [0.15, 0.2) is 24.3 Å². The van der Waals surface area contributed by atoms with Gasteiger partial charge in [0, 0.05) is 12.5 Å². The number of amides is 3. The number of para-hydroxylation sites is 1. The van der Waals surface area contributed by atoms with Gasteiger partial charge in [-0.05, 0) is 25.0 Å². The molecule has 0 radical (unpaired) electrons. The second kappa shape index (κ2) is 4.98. The van der Waals surface area contributed by atoms with Crippen molar-refractivity contribution in [1.29, 1.82) is 0 Å². The standard InChI is InChI=1S/C16H18N2O3/c1-10(2)14(19)18-12-7-4-3-6-11(12)15(20)17-9-5-8-13(17)16(18)21/h3-4,6-7,10,13H,5,8-9H2,1-2H3/t13-/m1/s1. The van der Waals surface area contributed by atoms with Gasteiger partial charge in [0.2, 0.25) is 5.91 Å². The summed E-state index contributed by atoms with van der Waals surface area (Å²) in [6, 6.07) is 6.36. The molecule has 1 atom stereocenters. The number of nitrogens with zero attached hydrogens (tertiary/aromatic N) is 2. The van der Waals surface area contributed by atoms with E-state index in [-0.39, 0.29) is 23.6 Å². The van der Waals surface area contributed by atoms with Crippen molar-refractivity contribution in [2.75, 3.05) is 11.4 Å². The van der Waals surface area contributed by atoms with E-state index in [1.54, 1.807) is 43.0 Å². The van der Waals surface area contributed by atoms with E-state index in [0.29, 0.717) is 24.2 Å². The summed E-state index contributed by atoms with van der Waals surface area (Å²) in [6.07, 6.45) is 1.43. The molecule has 0 bridgehead atoms. The van der Waals surface area contributed by atoms with Gasteiger partial charge in [-0.3, -0.25) is 14.4 Å². The van der Waals surface area contributed by atoms with Gasteiger partial charge in [0.1, 0.15) is 6.04 Å². The van der Waals surface area contributed by atoms with Crippen LogP contribution in [0.4, 0.5) is 5.69 Å². The van der Waals surface area contributed by atoms with Crippen molar-refractivity contribution in [1.82, 2.24) is 4.90 Å². The highest BCUT2D eigenvalue weighted by Gasteiger charge is 2.44. The maximum absolute atomic E-state index is 12.8. The summed E-state index contributed by atoms with van der Waals surface area (Å²) in [7, 11) is 0. The van der Waals surface area contributed by atoms with Crippen LogP contribution in [0.2, 0.25) is 0 Å². The number of anilines is 1. The van der Waals surface area contributed by atoms with Gasteiger partial charge in [0.05, 0.1) is 11.3 Å². The number of fused-ring (bicyclic) bond motifs is 2. The zero-order chi connectivity index (χ0) is 15.1. The Labute approximate surface area is 123 Å². The lowest BCUT2D eigenvalue weighted by Gasteiger charge is -2.25. The summed E-state index contributed by atoms with van der Waals surface area (Å²) in [5.41, 5.74) is 0.852. The molecule has 0 unspecified atom stereocenters. The Balaban J connectivity index is 2.18. The van der Waals surface area contributed by atoms with Gasteiger partial charge >= 0.3 is 0 Å². The molecule has 3 rings (SSSR count). The zero-order valence-corrected chi connectivity index (χ0v) is 12.2. The zero-order valence-electron chi connectivity index (χ0n) is 12.2. The Hall–Kier alpha value is -2.17. The van der Waals surface area contributed by atoms with E-state index in [1.807, 2.05) is 0 Å². The van der Waals surface area contributed by atoms with Crippen molar-refractivity contribution >= 4 is 23.4 Å². The molecule has 5 heteroatoms. The third kappa shape index (κ3) is 2.04.